The molecule has 10 heavy (non-hydrogen) atoms. The van der Waals surface area contributed by atoms with E-state index in [4.69, 9.17) is 0 Å². The predicted octanol–water partition coefficient (Wildman–Crippen LogP) is 2.86. The van der Waals surface area contributed by atoms with Gasteiger partial charge < -0.3 is 0 Å². The van der Waals surface area contributed by atoms with Crippen LogP contribution in [0.5, 0.6) is 0 Å². The number of thioether (sulfide) groups is 1. The SMILES string of the molecule is C=C(C=CCC)N=CSC. The second-order valence-electron chi connectivity index (χ2n) is 1.77. The Bertz CT molecular complexity index is 131. The molecule has 0 atom stereocenters. The van der Waals surface area contributed by atoms with Gasteiger partial charge in [0.05, 0.1) is 11.2 Å². The summed E-state index contributed by atoms with van der Waals surface area (Å²) >= 11 is 1.58. The Morgan fingerprint density at radius 2 is 2.40 bits per heavy atom. The van der Waals surface area contributed by atoms with Gasteiger partial charge in [-0.3, -0.25) is 4.99 Å². The van der Waals surface area contributed by atoms with Crippen molar-refractivity contribution < 1.29 is 0 Å². The lowest BCUT2D eigenvalue weighted by Crippen LogP contribution is -1.67. The maximum absolute atomic E-state index is 4.04. The fourth-order valence-corrected chi connectivity index (χ4v) is 0.658. The fourth-order valence-electron chi connectivity index (χ4n) is 0.417. The summed E-state index contributed by atoms with van der Waals surface area (Å²) in [5.41, 5.74) is 2.60. The van der Waals surface area contributed by atoms with Gasteiger partial charge in [-0.2, -0.15) is 0 Å². The van der Waals surface area contributed by atoms with Gasteiger partial charge in [-0.25, -0.2) is 0 Å². The van der Waals surface area contributed by atoms with Crippen LogP contribution in [0, 0.1) is 0 Å². The van der Waals surface area contributed by atoms with E-state index in [1.165, 1.54) is 0 Å². The molecular formula is C8H13NS. The zero-order valence-electron chi connectivity index (χ0n) is 6.50. The number of nitrogens with zero attached hydrogens (tertiary/aromatic N) is 1. The number of aliphatic imine (C=N–C) groups is 1. The summed E-state index contributed by atoms with van der Waals surface area (Å²) in [6.07, 6.45) is 6.97. The normalized spacial score (nSPS) is 11.4. The van der Waals surface area contributed by atoms with Crippen molar-refractivity contribution in [3.8, 4) is 0 Å². The summed E-state index contributed by atoms with van der Waals surface area (Å²) in [5, 5.41) is 0. The minimum atomic E-state index is 0.816. The molecule has 0 fully saturated rings. The van der Waals surface area contributed by atoms with Crippen molar-refractivity contribution in [2.45, 2.75) is 13.3 Å². The van der Waals surface area contributed by atoms with Crippen molar-refractivity contribution in [2.24, 2.45) is 4.99 Å². The summed E-state index contributed by atoms with van der Waals surface area (Å²) in [6.45, 7) is 5.82. The van der Waals surface area contributed by atoms with Crippen LogP contribution in [0.3, 0.4) is 0 Å². The van der Waals surface area contributed by atoms with Gasteiger partial charge in [0.1, 0.15) is 0 Å². The van der Waals surface area contributed by atoms with Gasteiger partial charge in [-0.15, -0.1) is 11.8 Å². The topological polar surface area (TPSA) is 12.4 Å². The number of hydrogen-bond acceptors (Lipinski definition) is 2. The van der Waals surface area contributed by atoms with E-state index in [2.05, 4.69) is 18.5 Å². The first-order valence-corrected chi connectivity index (χ1v) is 4.50. The molecule has 2 heteroatoms. The molecule has 56 valence electrons. The quantitative estimate of drug-likeness (QED) is 0.345. The van der Waals surface area contributed by atoms with Crippen LogP contribution in [0.1, 0.15) is 13.3 Å². The molecule has 0 spiro atoms. The minimum absolute atomic E-state index is 0.816. The Morgan fingerprint density at radius 1 is 1.70 bits per heavy atom. The fraction of sp³-hybridized carbons (Fsp3) is 0.375. The van der Waals surface area contributed by atoms with E-state index >= 15 is 0 Å². The predicted molar refractivity (Wildman–Crippen MR) is 50.6 cm³/mol. The summed E-state index contributed by atoms with van der Waals surface area (Å²) in [5.74, 6) is 0. The maximum atomic E-state index is 4.04. The largest absolute Gasteiger partial charge is 0.251 e. The standard InChI is InChI=1S/C8H13NS/c1-4-5-6-8(2)9-7-10-3/h5-7H,2,4H2,1,3H3. The molecule has 0 aromatic rings. The van der Waals surface area contributed by atoms with Crippen molar-refractivity contribution in [3.63, 3.8) is 0 Å². The van der Waals surface area contributed by atoms with Gasteiger partial charge in [0.25, 0.3) is 0 Å². The highest BCUT2D eigenvalue weighted by atomic mass is 32.2. The van der Waals surface area contributed by atoms with Crippen molar-refractivity contribution in [3.05, 3.63) is 24.4 Å². The molecule has 0 saturated carbocycles. The lowest BCUT2D eigenvalue weighted by molar-refractivity contribution is 1.21. The molecule has 0 radical (unpaired) electrons. The Morgan fingerprint density at radius 3 is 2.90 bits per heavy atom. The Hall–Kier alpha value is -0.500. The highest BCUT2D eigenvalue weighted by Gasteiger charge is 1.77. The smallest absolute Gasteiger partial charge is 0.0601 e. The van der Waals surface area contributed by atoms with Crippen molar-refractivity contribution >= 4 is 17.3 Å². The van der Waals surface area contributed by atoms with Crippen LogP contribution in [-0.2, 0) is 0 Å². The van der Waals surface area contributed by atoms with E-state index in [9.17, 15) is 0 Å². The molecule has 1 nitrogen and oxygen atoms in total. The molecule has 0 unspecified atom stereocenters. The zero-order chi connectivity index (χ0) is 7.82. The molecular weight excluding hydrogens is 142 g/mol. The van der Waals surface area contributed by atoms with Crippen LogP contribution in [-0.4, -0.2) is 11.8 Å². The average Bonchev–Trinajstić information content (AvgIpc) is 1.97. The van der Waals surface area contributed by atoms with E-state index in [1.54, 1.807) is 17.3 Å². The van der Waals surface area contributed by atoms with Crippen molar-refractivity contribution in [1.82, 2.24) is 0 Å². The van der Waals surface area contributed by atoms with Gasteiger partial charge >= 0.3 is 0 Å². The molecule has 0 aliphatic heterocycles. The van der Waals surface area contributed by atoms with Crippen LogP contribution in [0.25, 0.3) is 0 Å². The molecule has 0 aromatic heterocycles. The third kappa shape index (κ3) is 5.63. The average molecular weight is 155 g/mol. The number of hydrogen-bond donors (Lipinski definition) is 0. The van der Waals surface area contributed by atoms with Gasteiger partial charge in [0, 0.05) is 0 Å². The lowest BCUT2D eigenvalue weighted by atomic mass is 10.4. The van der Waals surface area contributed by atoms with Crippen LogP contribution >= 0.6 is 11.8 Å². The molecule has 0 rings (SSSR count). The van der Waals surface area contributed by atoms with Gasteiger partial charge in [0.15, 0.2) is 0 Å². The van der Waals surface area contributed by atoms with Crippen molar-refractivity contribution in [2.75, 3.05) is 6.26 Å². The molecule has 0 amide bonds. The second kappa shape index (κ2) is 6.62. The zero-order valence-corrected chi connectivity index (χ0v) is 7.32. The number of allylic oxidation sites excluding steroid dienone is 2. The van der Waals surface area contributed by atoms with Crippen LogP contribution in [0.4, 0.5) is 0 Å². The first-order valence-electron chi connectivity index (χ1n) is 3.22. The summed E-state index contributed by atoms with van der Waals surface area (Å²) < 4.78 is 0. The van der Waals surface area contributed by atoms with Crippen LogP contribution in [0.2, 0.25) is 0 Å². The molecule has 0 N–H and O–H groups in total. The molecule has 0 bridgehead atoms. The molecule has 0 aromatic carbocycles. The molecule has 0 heterocycles. The van der Waals surface area contributed by atoms with Crippen LogP contribution in [0.15, 0.2) is 29.4 Å². The maximum Gasteiger partial charge on any atom is 0.0601 e. The van der Waals surface area contributed by atoms with E-state index < -0.39 is 0 Å². The van der Waals surface area contributed by atoms with Gasteiger partial charge in [0.2, 0.25) is 0 Å². The van der Waals surface area contributed by atoms with E-state index in [1.807, 2.05) is 18.4 Å². The molecule has 0 aliphatic carbocycles. The Balaban J connectivity index is 3.63. The van der Waals surface area contributed by atoms with Crippen molar-refractivity contribution in [1.29, 1.82) is 0 Å². The second-order valence-corrected chi connectivity index (χ2v) is 2.45. The third-order valence-corrected chi connectivity index (χ3v) is 1.19. The summed E-state index contributed by atoms with van der Waals surface area (Å²) in [4.78, 5) is 4.04. The van der Waals surface area contributed by atoms with Gasteiger partial charge in [-0.1, -0.05) is 19.6 Å². The molecule has 0 aliphatic rings. The highest BCUT2D eigenvalue weighted by molar-refractivity contribution is 8.11. The number of rotatable bonds is 4. The Kier molecular flexibility index (Phi) is 6.29. The first kappa shape index (κ1) is 9.50. The monoisotopic (exact) mass is 155 g/mol. The Labute approximate surface area is 66.9 Å². The summed E-state index contributed by atoms with van der Waals surface area (Å²) in [6, 6.07) is 0. The minimum Gasteiger partial charge on any atom is -0.251 e. The van der Waals surface area contributed by atoms with E-state index in [0.29, 0.717) is 0 Å². The summed E-state index contributed by atoms with van der Waals surface area (Å²) in [7, 11) is 0. The van der Waals surface area contributed by atoms with Crippen LogP contribution < -0.4 is 0 Å². The highest BCUT2D eigenvalue weighted by Crippen LogP contribution is 1.97. The lowest BCUT2D eigenvalue weighted by Gasteiger charge is -1.86. The van der Waals surface area contributed by atoms with E-state index in [-0.39, 0.29) is 0 Å². The first-order chi connectivity index (χ1) is 4.81. The van der Waals surface area contributed by atoms with Gasteiger partial charge in [-0.05, 0) is 18.8 Å². The van der Waals surface area contributed by atoms with E-state index in [0.717, 1.165) is 12.1 Å². The molecule has 0 saturated heterocycles. The third-order valence-electron chi connectivity index (χ3n) is 0.870.